The van der Waals surface area contributed by atoms with Gasteiger partial charge < -0.3 is 10.1 Å². The van der Waals surface area contributed by atoms with Crippen molar-refractivity contribution >= 4 is 17.0 Å². The Bertz CT molecular complexity index is 601. The number of aromatic amines is 1. The summed E-state index contributed by atoms with van der Waals surface area (Å²) in [5, 5.41) is 10.9. The van der Waals surface area contributed by atoms with Gasteiger partial charge >= 0.3 is 0 Å². The smallest absolute Gasteiger partial charge is 0.229 e. The lowest BCUT2D eigenvalue weighted by Crippen LogP contribution is -2.29. The highest BCUT2D eigenvalue weighted by atomic mass is 16.5. The van der Waals surface area contributed by atoms with Gasteiger partial charge in [-0.25, -0.2) is 0 Å². The van der Waals surface area contributed by atoms with Crippen LogP contribution in [0.3, 0.4) is 0 Å². The van der Waals surface area contributed by atoms with Crippen molar-refractivity contribution < 1.29 is 4.74 Å². The molecule has 1 aliphatic carbocycles. The summed E-state index contributed by atoms with van der Waals surface area (Å²) in [6, 6.07) is 0. The standard InChI is InChI=1S/C15H23N5O/c1-4-16-15-18-13-12(8-17-20-13)14(19-15)21-11-6-9(2)5-10(3)7-11/h8-11H,4-7H2,1-3H3,(H2,16,17,18,19,20). The van der Waals surface area contributed by atoms with Crippen LogP contribution in [0, 0.1) is 11.8 Å². The molecule has 2 N–H and O–H groups in total. The summed E-state index contributed by atoms with van der Waals surface area (Å²) in [6.07, 6.45) is 5.42. The maximum atomic E-state index is 6.20. The van der Waals surface area contributed by atoms with Crippen LogP contribution in [-0.2, 0) is 0 Å². The Labute approximate surface area is 124 Å². The topological polar surface area (TPSA) is 75.7 Å². The highest BCUT2D eigenvalue weighted by Crippen LogP contribution is 2.32. The molecule has 2 atom stereocenters. The zero-order valence-corrected chi connectivity index (χ0v) is 12.9. The first kappa shape index (κ1) is 14.1. The van der Waals surface area contributed by atoms with Gasteiger partial charge in [0.2, 0.25) is 11.8 Å². The predicted octanol–water partition coefficient (Wildman–Crippen LogP) is 2.99. The van der Waals surface area contributed by atoms with Gasteiger partial charge in [-0.15, -0.1) is 0 Å². The molecule has 3 rings (SSSR count). The van der Waals surface area contributed by atoms with Crippen LogP contribution in [0.2, 0.25) is 0 Å². The Morgan fingerprint density at radius 2 is 2.00 bits per heavy atom. The number of H-pyrrole nitrogens is 1. The van der Waals surface area contributed by atoms with E-state index in [2.05, 4.69) is 39.3 Å². The monoisotopic (exact) mass is 289 g/mol. The van der Waals surface area contributed by atoms with E-state index >= 15 is 0 Å². The summed E-state index contributed by atoms with van der Waals surface area (Å²) >= 11 is 0. The Balaban J connectivity index is 1.86. The normalized spacial score (nSPS) is 26.0. The molecule has 0 saturated heterocycles. The number of fused-ring (bicyclic) bond motifs is 1. The number of hydrogen-bond donors (Lipinski definition) is 2. The van der Waals surface area contributed by atoms with E-state index < -0.39 is 0 Å². The predicted molar refractivity (Wildman–Crippen MR) is 82.4 cm³/mol. The highest BCUT2D eigenvalue weighted by molar-refractivity contribution is 5.80. The zero-order valence-electron chi connectivity index (χ0n) is 12.9. The molecule has 2 unspecified atom stereocenters. The Morgan fingerprint density at radius 3 is 2.71 bits per heavy atom. The van der Waals surface area contributed by atoms with Gasteiger partial charge in [0.1, 0.15) is 11.5 Å². The minimum atomic E-state index is 0.228. The van der Waals surface area contributed by atoms with Crippen LogP contribution in [0.4, 0.5) is 5.95 Å². The fourth-order valence-electron chi connectivity index (χ4n) is 3.26. The molecule has 2 aromatic heterocycles. The number of aromatic nitrogens is 4. The molecule has 0 aromatic carbocycles. The lowest BCUT2D eigenvalue weighted by atomic mass is 9.82. The number of rotatable bonds is 4. The average molecular weight is 289 g/mol. The Hall–Kier alpha value is -1.85. The van der Waals surface area contributed by atoms with Crippen LogP contribution in [0.25, 0.3) is 11.0 Å². The van der Waals surface area contributed by atoms with Crippen LogP contribution < -0.4 is 10.1 Å². The van der Waals surface area contributed by atoms with Crippen molar-refractivity contribution in [3.05, 3.63) is 6.20 Å². The van der Waals surface area contributed by atoms with Crippen LogP contribution in [0.5, 0.6) is 5.88 Å². The summed E-state index contributed by atoms with van der Waals surface area (Å²) in [5.41, 5.74) is 0.716. The van der Waals surface area contributed by atoms with E-state index in [9.17, 15) is 0 Å². The molecule has 21 heavy (non-hydrogen) atoms. The number of ether oxygens (including phenoxy) is 1. The molecule has 1 aliphatic rings. The van der Waals surface area contributed by atoms with Gasteiger partial charge in [0.25, 0.3) is 0 Å². The van der Waals surface area contributed by atoms with E-state index in [0.29, 0.717) is 29.3 Å². The van der Waals surface area contributed by atoms with Gasteiger partial charge in [0.15, 0.2) is 5.65 Å². The van der Waals surface area contributed by atoms with Crippen molar-refractivity contribution in [1.29, 1.82) is 0 Å². The van der Waals surface area contributed by atoms with Crippen molar-refractivity contribution in [1.82, 2.24) is 20.2 Å². The van der Waals surface area contributed by atoms with Gasteiger partial charge in [-0.05, 0) is 38.0 Å². The molecule has 6 heteroatoms. The van der Waals surface area contributed by atoms with Crippen molar-refractivity contribution in [3.8, 4) is 5.88 Å². The molecule has 0 radical (unpaired) electrons. The van der Waals surface area contributed by atoms with E-state index in [1.807, 2.05) is 6.92 Å². The first-order chi connectivity index (χ1) is 10.2. The first-order valence-electron chi connectivity index (χ1n) is 7.77. The summed E-state index contributed by atoms with van der Waals surface area (Å²) in [4.78, 5) is 8.89. The van der Waals surface area contributed by atoms with E-state index in [-0.39, 0.29) is 6.10 Å². The SMILES string of the molecule is CCNc1nc(OC2CC(C)CC(C)C2)c2cn[nH]c2n1. The van der Waals surface area contributed by atoms with Gasteiger partial charge in [0.05, 0.1) is 6.20 Å². The van der Waals surface area contributed by atoms with Crippen molar-refractivity contribution in [2.45, 2.75) is 46.1 Å². The molecule has 6 nitrogen and oxygen atoms in total. The fourth-order valence-corrected chi connectivity index (χ4v) is 3.26. The molecule has 0 amide bonds. The molecule has 1 saturated carbocycles. The van der Waals surface area contributed by atoms with Crippen LogP contribution in [0.15, 0.2) is 6.20 Å². The van der Waals surface area contributed by atoms with Crippen molar-refractivity contribution in [2.24, 2.45) is 11.8 Å². The quantitative estimate of drug-likeness (QED) is 0.905. The summed E-state index contributed by atoms with van der Waals surface area (Å²) in [6.45, 7) is 7.38. The van der Waals surface area contributed by atoms with Crippen LogP contribution >= 0.6 is 0 Å². The molecule has 2 aromatic rings. The lowest BCUT2D eigenvalue weighted by Gasteiger charge is -2.31. The first-order valence-corrected chi connectivity index (χ1v) is 7.77. The molecule has 0 aliphatic heterocycles. The molecule has 0 spiro atoms. The number of nitrogens with zero attached hydrogens (tertiary/aromatic N) is 3. The maximum absolute atomic E-state index is 6.20. The van der Waals surface area contributed by atoms with E-state index in [1.54, 1.807) is 6.20 Å². The third kappa shape index (κ3) is 3.09. The fraction of sp³-hybridized carbons (Fsp3) is 0.667. The minimum Gasteiger partial charge on any atom is -0.474 e. The second-order valence-electron chi connectivity index (χ2n) is 6.17. The maximum Gasteiger partial charge on any atom is 0.229 e. The largest absolute Gasteiger partial charge is 0.474 e. The second-order valence-corrected chi connectivity index (χ2v) is 6.17. The minimum absolute atomic E-state index is 0.228. The van der Waals surface area contributed by atoms with E-state index in [4.69, 9.17) is 4.74 Å². The number of hydrogen-bond acceptors (Lipinski definition) is 5. The van der Waals surface area contributed by atoms with Gasteiger partial charge in [-0.3, -0.25) is 5.10 Å². The number of anilines is 1. The zero-order chi connectivity index (χ0) is 14.8. The van der Waals surface area contributed by atoms with E-state index in [0.717, 1.165) is 24.8 Å². The highest BCUT2D eigenvalue weighted by Gasteiger charge is 2.26. The summed E-state index contributed by atoms with van der Waals surface area (Å²) < 4.78 is 6.20. The van der Waals surface area contributed by atoms with Gasteiger partial charge in [-0.2, -0.15) is 15.1 Å². The summed E-state index contributed by atoms with van der Waals surface area (Å²) in [5.74, 6) is 2.62. The number of nitrogens with one attached hydrogen (secondary N) is 2. The van der Waals surface area contributed by atoms with Gasteiger partial charge in [-0.1, -0.05) is 13.8 Å². The molecule has 2 heterocycles. The van der Waals surface area contributed by atoms with Crippen LogP contribution in [-0.4, -0.2) is 32.8 Å². The third-order valence-electron chi connectivity index (χ3n) is 4.02. The molecular formula is C15H23N5O. The third-order valence-corrected chi connectivity index (χ3v) is 4.02. The van der Waals surface area contributed by atoms with Gasteiger partial charge in [0, 0.05) is 6.54 Å². The van der Waals surface area contributed by atoms with Crippen molar-refractivity contribution in [3.63, 3.8) is 0 Å². The molecule has 1 fully saturated rings. The average Bonchev–Trinajstić information content (AvgIpc) is 2.86. The molecule has 114 valence electrons. The Morgan fingerprint density at radius 1 is 1.24 bits per heavy atom. The second kappa shape index (κ2) is 5.87. The summed E-state index contributed by atoms with van der Waals surface area (Å²) in [7, 11) is 0. The molecular weight excluding hydrogens is 266 g/mol. The lowest BCUT2D eigenvalue weighted by molar-refractivity contribution is 0.0983. The molecule has 0 bridgehead atoms. The Kier molecular flexibility index (Phi) is 3.94. The van der Waals surface area contributed by atoms with Crippen molar-refractivity contribution in [2.75, 3.05) is 11.9 Å². The van der Waals surface area contributed by atoms with Crippen LogP contribution in [0.1, 0.15) is 40.0 Å². The van der Waals surface area contributed by atoms with E-state index in [1.165, 1.54) is 6.42 Å².